The molecule has 3 heteroatoms. The maximum Gasteiger partial charge on any atom is 0.192 e. The van der Waals surface area contributed by atoms with Crippen LogP contribution in [0.25, 0.3) is 0 Å². The molecule has 0 aromatic heterocycles. The summed E-state index contributed by atoms with van der Waals surface area (Å²) in [5.74, 6) is 3.40. The predicted octanol–water partition coefficient (Wildman–Crippen LogP) is 3.93. The van der Waals surface area contributed by atoms with Crippen molar-refractivity contribution < 1.29 is 9.59 Å². The van der Waals surface area contributed by atoms with E-state index in [0.717, 1.165) is 31.4 Å². The second-order valence-electron chi connectivity index (χ2n) is 6.02. The fraction of sp³-hybridized carbons (Fsp3) is 0.867. The number of hydrogen-bond acceptors (Lipinski definition) is 3. The van der Waals surface area contributed by atoms with E-state index in [1.54, 1.807) is 0 Å². The Kier molecular flexibility index (Phi) is 6.40. The molecule has 18 heavy (non-hydrogen) atoms. The Labute approximate surface area is 115 Å². The van der Waals surface area contributed by atoms with Gasteiger partial charge in [-0.3, -0.25) is 9.59 Å². The first-order chi connectivity index (χ1) is 8.43. The number of hydrogen-bond donors (Lipinski definition) is 0. The zero-order valence-corrected chi connectivity index (χ0v) is 12.9. The standard InChI is InChI=1S/C8H14O.C7H12OS/c1-6(2)7-4-3-5-8(7)9;1-5(2)6-3-4-9-7(6)8/h6-7H,3-5H2,1-2H3;5-6H,3-4H2,1-2H3/t7-;6-/m11/s1. The largest absolute Gasteiger partial charge is 0.299 e. The van der Waals surface area contributed by atoms with Crippen LogP contribution in [0.15, 0.2) is 0 Å². The Bertz CT molecular complexity index is 267. The molecule has 0 radical (unpaired) electrons. The molecule has 2 aliphatic rings. The second kappa shape index (κ2) is 7.32. The summed E-state index contributed by atoms with van der Waals surface area (Å²) in [5, 5.41) is 0.407. The van der Waals surface area contributed by atoms with Gasteiger partial charge in [-0.05, 0) is 31.1 Å². The average Bonchev–Trinajstić information content (AvgIpc) is 2.87. The molecule has 2 nitrogen and oxygen atoms in total. The Morgan fingerprint density at radius 3 is 1.83 bits per heavy atom. The number of thioether (sulfide) groups is 1. The van der Waals surface area contributed by atoms with Gasteiger partial charge in [0.2, 0.25) is 0 Å². The number of ketones is 1. The predicted molar refractivity (Wildman–Crippen MR) is 77.6 cm³/mol. The molecule has 0 bridgehead atoms. The number of carbonyl (C=O) groups is 2. The van der Waals surface area contributed by atoms with Crippen molar-refractivity contribution in [1.29, 1.82) is 0 Å². The summed E-state index contributed by atoms with van der Waals surface area (Å²) >= 11 is 1.49. The van der Waals surface area contributed by atoms with Crippen LogP contribution < -0.4 is 0 Å². The summed E-state index contributed by atoms with van der Waals surface area (Å²) in [6, 6.07) is 0. The third-order valence-corrected chi connectivity index (χ3v) is 4.96. The summed E-state index contributed by atoms with van der Waals surface area (Å²) in [7, 11) is 0. The van der Waals surface area contributed by atoms with E-state index in [1.807, 2.05) is 0 Å². The van der Waals surface area contributed by atoms with Gasteiger partial charge in [0.25, 0.3) is 0 Å². The highest BCUT2D eigenvalue weighted by molar-refractivity contribution is 8.14. The first kappa shape index (κ1) is 15.7. The highest BCUT2D eigenvalue weighted by Gasteiger charge is 2.27. The van der Waals surface area contributed by atoms with Crippen molar-refractivity contribution in [3.63, 3.8) is 0 Å². The van der Waals surface area contributed by atoms with Gasteiger partial charge >= 0.3 is 0 Å². The summed E-state index contributed by atoms with van der Waals surface area (Å²) in [6.07, 6.45) is 4.20. The van der Waals surface area contributed by atoms with Gasteiger partial charge in [0.05, 0.1) is 0 Å². The van der Waals surface area contributed by atoms with Gasteiger partial charge in [-0.25, -0.2) is 0 Å². The van der Waals surface area contributed by atoms with E-state index in [0.29, 0.717) is 34.6 Å². The highest BCUT2D eigenvalue weighted by atomic mass is 32.2. The molecule has 0 N–H and O–H groups in total. The molecule has 0 unspecified atom stereocenters. The Balaban J connectivity index is 0.000000180. The summed E-state index contributed by atoms with van der Waals surface area (Å²) < 4.78 is 0. The van der Waals surface area contributed by atoms with Gasteiger partial charge in [0.15, 0.2) is 5.12 Å². The fourth-order valence-corrected chi connectivity index (χ4v) is 3.84. The Hall–Kier alpha value is -0.310. The molecular formula is C15H26O2S. The molecule has 2 rings (SSSR count). The third-order valence-electron chi connectivity index (χ3n) is 3.94. The monoisotopic (exact) mass is 270 g/mol. The first-order valence-electron chi connectivity index (χ1n) is 7.12. The number of Topliss-reactive ketones (excluding diaryl/α,β-unsaturated/α-hetero) is 1. The van der Waals surface area contributed by atoms with Gasteiger partial charge in [-0.1, -0.05) is 39.5 Å². The van der Waals surface area contributed by atoms with E-state index in [4.69, 9.17) is 0 Å². The molecule has 1 saturated heterocycles. The molecule has 104 valence electrons. The molecule has 2 atom stereocenters. The molecule has 1 aliphatic heterocycles. The van der Waals surface area contributed by atoms with Crippen LogP contribution >= 0.6 is 11.8 Å². The molecule has 0 spiro atoms. The lowest BCUT2D eigenvalue weighted by molar-refractivity contribution is -0.121. The van der Waals surface area contributed by atoms with Gasteiger partial charge in [0, 0.05) is 24.0 Å². The van der Waals surface area contributed by atoms with Crippen molar-refractivity contribution in [3.8, 4) is 0 Å². The lowest BCUT2D eigenvalue weighted by Gasteiger charge is -2.10. The summed E-state index contributed by atoms with van der Waals surface area (Å²) in [5.41, 5.74) is 0. The van der Waals surface area contributed by atoms with Crippen LogP contribution in [-0.4, -0.2) is 16.7 Å². The third kappa shape index (κ3) is 4.42. The van der Waals surface area contributed by atoms with Gasteiger partial charge in [-0.15, -0.1) is 0 Å². The minimum Gasteiger partial charge on any atom is -0.299 e. The van der Waals surface area contributed by atoms with Gasteiger partial charge < -0.3 is 0 Å². The average molecular weight is 270 g/mol. The minimum atomic E-state index is 0.356. The SMILES string of the molecule is CC(C)[C@H]1CCCC1=O.CC(C)[C@H]1CCSC1=O. The maximum absolute atomic E-state index is 11.0. The van der Waals surface area contributed by atoms with Crippen molar-refractivity contribution in [1.82, 2.24) is 0 Å². The van der Waals surface area contributed by atoms with Crippen LogP contribution in [0, 0.1) is 23.7 Å². The maximum atomic E-state index is 11.0. The molecule has 1 aliphatic carbocycles. The number of rotatable bonds is 2. The first-order valence-corrected chi connectivity index (χ1v) is 8.11. The second-order valence-corrected chi connectivity index (χ2v) is 7.12. The van der Waals surface area contributed by atoms with E-state index in [-0.39, 0.29) is 0 Å². The topological polar surface area (TPSA) is 34.1 Å². The van der Waals surface area contributed by atoms with Crippen LogP contribution in [0.3, 0.4) is 0 Å². The van der Waals surface area contributed by atoms with Crippen molar-refractivity contribution in [3.05, 3.63) is 0 Å². The zero-order valence-electron chi connectivity index (χ0n) is 12.1. The molecule has 0 aromatic rings. The van der Waals surface area contributed by atoms with E-state index < -0.39 is 0 Å². The molecule has 2 fully saturated rings. The smallest absolute Gasteiger partial charge is 0.192 e. The minimum absolute atomic E-state index is 0.356. The van der Waals surface area contributed by atoms with E-state index in [9.17, 15) is 9.59 Å². The van der Waals surface area contributed by atoms with E-state index in [2.05, 4.69) is 27.7 Å². The van der Waals surface area contributed by atoms with E-state index in [1.165, 1.54) is 11.8 Å². The van der Waals surface area contributed by atoms with Crippen LogP contribution in [0.4, 0.5) is 0 Å². The summed E-state index contributed by atoms with van der Waals surface area (Å²) in [6.45, 7) is 8.50. The quantitative estimate of drug-likeness (QED) is 0.762. The van der Waals surface area contributed by atoms with Crippen molar-refractivity contribution in [2.45, 2.75) is 53.4 Å². The normalized spacial score (nSPS) is 27.9. The molecule has 1 saturated carbocycles. The van der Waals surface area contributed by atoms with Gasteiger partial charge in [0.1, 0.15) is 5.78 Å². The van der Waals surface area contributed by atoms with Crippen LogP contribution in [0.2, 0.25) is 0 Å². The molecule has 0 aromatic carbocycles. The fourth-order valence-electron chi connectivity index (χ4n) is 2.66. The molecule has 1 heterocycles. The molecule has 0 amide bonds. The highest BCUT2D eigenvalue weighted by Crippen LogP contribution is 2.30. The Morgan fingerprint density at radius 1 is 1.00 bits per heavy atom. The van der Waals surface area contributed by atoms with Crippen molar-refractivity contribution in [2.75, 3.05) is 5.75 Å². The van der Waals surface area contributed by atoms with Crippen LogP contribution in [0.5, 0.6) is 0 Å². The Morgan fingerprint density at radius 2 is 1.61 bits per heavy atom. The lowest BCUT2D eigenvalue weighted by atomic mass is 9.94. The van der Waals surface area contributed by atoms with Crippen LogP contribution in [-0.2, 0) is 9.59 Å². The zero-order chi connectivity index (χ0) is 13.7. The van der Waals surface area contributed by atoms with E-state index >= 15 is 0 Å². The van der Waals surface area contributed by atoms with Crippen LogP contribution in [0.1, 0.15) is 53.4 Å². The number of carbonyl (C=O) groups excluding carboxylic acids is 2. The lowest BCUT2D eigenvalue weighted by Crippen LogP contribution is -2.12. The van der Waals surface area contributed by atoms with Gasteiger partial charge in [-0.2, -0.15) is 0 Å². The van der Waals surface area contributed by atoms with Crippen molar-refractivity contribution >= 4 is 22.7 Å². The molecular weight excluding hydrogens is 244 g/mol. The van der Waals surface area contributed by atoms with Crippen molar-refractivity contribution in [2.24, 2.45) is 23.7 Å². The summed E-state index contributed by atoms with van der Waals surface area (Å²) in [4.78, 5) is 22.0.